The van der Waals surface area contributed by atoms with Crippen LogP contribution in [-0.4, -0.2) is 10.1 Å². The van der Waals surface area contributed by atoms with Gasteiger partial charge in [-0.15, -0.1) is 0 Å². The lowest BCUT2D eigenvalue weighted by molar-refractivity contribution is 0.481. The average molecular weight is 188 g/mol. The maximum Gasteiger partial charge on any atom is 0.125 e. The fourth-order valence-corrected chi connectivity index (χ4v) is 1.69. The van der Waals surface area contributed by atoms with Crippen molar-refractivity contribution in [2.75, 3.05) is 0 Å². The highest BCUT2D eigenvalue weighted by Gasteiger charge is 2.06. The number of benzene rings is 1. The summed E-state index contributed by atoms with van der Waals surface area (Å²) in [6.07, 6.45) is 1.73. The number of nitrogens with zero attached hydrogens (tertiary/aromatic N) is 1. The standard InChI is InChI=1S/C11H12N2O/c1-7-11-9(4-5-13-7)8(6-12)2-3-10(11)14/h2-5,14H,6,12H2,1H3. The van der Waals surface area contributed by atoms with Crippen molar-refractivity contribution in [1.82, 2.24) is 4.98 Å². The quantitative estimate of drug-likeness (QED) is 0.716. The molecule has 0 bridgehead atoms. The third-order valence-electron chi connectivity index (χ3n) is 2.40. The second-order valence-electron chi connectivity index (χ2n) is 3.27. The summed E-state index contributed by atoms with van der Waals surface area (Å²) in [6.45, 7) is 2.35. The summed E-state index contributed by atoms with van der Waals surface area (Å²) in [5, 5.41) is 11.5. The summed E-state index contributed by atoms with van der Waals surface area (Å²) in [6, 6.07) is 5.39. The lowest BCUT2D eigenvalue weighted by atomic mass is 10.0. The number of hydrogen-bond acceptors (Lipinski definition) is 3. The summed E-state index contributed by atoms with van der Waals surface area (Å²) in [7, 11) is 0. The molecule has 1 heterocycles. The smallest absolute Gasteiger partial charge is 0.125 e. The summed E-state index contributed by atoms with van der Waals surface area (Å²) in [4.78, 5) is 4.14. The Morgan fingerprint density at radius 3 is 2.86 bits per heavy atom. The maximum absolute atomic E-state index is 9.69. The van der Waals surface area contributed by atoms with E-state index >= 15 is 0 Å². The molecule has 3 heteroatoms. The summed E-state index contributed by atoms with van der Waals surface area (Å²) in [5.41, 5.74) is 7.47. The van der Waals surface area contributed by atoms with Crippen molar-refractivity contribution in [2.45, 2.75) is 13.5 Å². The Labute approximate surface area is 82.2 Å². The molecule has 0 aliphatic rings. The van der Waals surface area contributed by atoms with Gasteiger partial charge in [0.2, 0.25) is 0 Å². The zero-order valence-electron chi connectivity index (χ0n) is 7.99. The van der Waals surface area contributed by atoms with E-state index in [9.17, 15) is 5.11 Å². The predicted octanol–water partition coefficient (Wildman–Crippen LogP) is 1.71. The van der Waals surface area contributed by atoms with Gasteiger partial charge in [0.15, 0.2) is 0 Å². The third-order valence-corrected chi connectivity index (χ3v) is 2.40. The highest BCUT2D eigenvalue weighted by molar-refractivity contribution is 5.92. The number of hydrogen-bond donors (Lipinski definition) is 2. The molecule has 0 atom stereocenters. The van der Waals surface area contributed by atoms with Crippen LogP contribution in [0, 0.1) is 6.92 Å². The van der Waals surface area contributed by atoms with Gasteiger partial charge >= 0.3 is 0 Å². The summed E-state index contributed by atoms with van der Waals surface area (Å²) >= 11 is 0. The lowest BCUT2D eigenvalue weighted by Gasteiger charge is -2.07. The molecule has 0 fully saturated rings. The number of nitrogens with two attached hydrogens (primary N) is 1. The van der Waals surface area contributed by atoms with Gasteiger partial charge in [0.05, 0.1) is 0 Å². The van der Waals surface area contributed by atoms with Gasteiger partial charge in [-0.3, -0.25) is 4.98 Å². The molecule has 0 aliphatic carbocycles. The largest absolute Gasteiger partial charge is 0.507 e. The number of phenols is 1. The minimum Gasteiger partial charge on any atom is -0.507 e. The van der Waals surface area contributed by atoms with Crippen molar-refractivity contribution in [2.24, 2.45) is 5.73 Å². The maximum atomic E-state index is 9.69. The molecular formula is C11H12N2O. The monoisotopic (exact) mass is 188 g/mol. The second kappa shape index (κ2) is 3.27. The van der Waals surface area contributed by atoms with Crippen molar-refractivity contribution in [1.29, 1.82) is 0 Å². The average Bonchev–Trinajstić information content (AvgIpc) is 2.18. The van der Waals surface area contributed by atoms with Gasteiger partial charge in [-0.1, -0.05) is 6.07 Å². The second-order valence-corrected chi connectivity index (χ2v) is 3.27. The van der Waals surface area contributed by atoms with Crippen LogP contribution in [-0.2, 0) is 6.54 Å². The van der Waals surface area contributed by atoms with Crippen molar-refractivity contribution >= 4 is 10.8 Å². The molecule has 0 spiro atoms. The molecule has 72 valence electrons. The van der Waals surface area contributed by atoms with Crippen LogP contribution in [0.3, 0.4) is 0 Å². The lowest BCUT2D eigenvalue weighted by Crippen LogP contribution is -1.98. The van der Waals surface area contributed by atoms with Crippen LogP contribution in [0.15, 0.2) is 24.4 Å². The molecule has 2 rings (SSSR count). The molecule has 3 N–H and O–H groups in total. The van der Waals surface area contributed by atoms with Gasteiger partial charge in [-0.2, -0.15) is 0 Å². The van der Waals surface area contributed by atoms with Gasteiger partial charge in [0, 0.05) is 23.8 Å². The fraction of sp³-hybridized carbons (Fsp3) is 0.182. The van der Waals surface area contributed by atoms with Crippen molar-refractivity contribution in [3.8, 4) is 5.75 Å². The molecule has 0 saturated carbocycles. The van der Waals surface area contributed by atoms with E-state index in [2.05, 4.69) is 4.98 Å². The third kappa shape index (κ3) is 1.22. The molecule has 3 nitrogen and oxygen atoms in total. The van der Waals surface area contributed by atoms with E-state index < -0.39 is 0 Å². The van der Waals surface area contributed by atoms with Gasteiger partial charge < -0.3 is 10.8 Å². The minimum atomic E-state index is 0.266. The first-order valence-corrected chi connectivity index (χ1v) is 4.50. The van der Waals surface area contributed by atoms with Gasteiger partial charge in [-0.25, -0.2) is 0 Å². The molecule has 0 amide bonds. The Hall–Kier alpha value is -1.61. The SMILES string of the molecule is Cc1nccc2c(CN)ccc(O)c12. The van der Waals surface area contributed by atoms with Crippen LogP contribution in [0.4, 0.5) is 0 Å². The summed E-state index contributed by atoms with van der Waals surface area (Å²) in [5.74, 6) is 0.266. The molecular weight excluding hydrogens is 176 g/mol. The van der Waals surface area contributed by atoms with Crippen LogP contribution in [0.1, 0.15) is 11.3 Å². The number of pyridine rings is 1. The Morgan fingerprint density at radius 2 is 2.14 bits per heavy atom. The topological polar surface area (TPSA) is 59.1 Å². The fourth-order valence-electron chi connectivity index (χ4n) is 1.69. The molecule has 0 unspecified atom stereocenters. The number of fused-ring (bicyclic) bond motifs is 1. The first-order chi connectivity index (χ1) is 6.74. The molecule has 1 aromatic carbocycles. The van der Waals surface area contributed by atoms with Gasteiger partial charge in [-0.05, 0) is 30.0 Å². The first-order valence-electron chi connectivity index (χ1n) is 4.50. The summed E-state index contributed by atoms with van der Waals surface area (Å²) < 4.78 is 0. The normalized spacial score (nSPS) is 10.7. The van der Waals surface area contributed by atoms with Crippen LogP contribution >= 0.6 is 0 Å². The molecule has 2 aromatic rings. The Bertz CT molecular complexity index is 472. The van der Waals surface area contributed by atoms with E-state index in [1.165, 1.54) is 0 Å². The van der Waals surface area contributed by atoms with Crippen LogP contribution in [0.2, 0.25) is 0 Å². The van der Waals surface area contributed by atoms with E-state index in [0.29, 0.717) is 6.54 Å². The van der Waals surface area contributed by atoms with E-state index in [0.717, 1.165) is 22.0 Å². The van der Waals surface area contributed by atoms with Crippen molar-refractivity contribution < 1.29 is 5.11 Å². The molecule has 1 aromatic heterocycles. The molecule has 14 heavy (non-hydrogen) atoms. The highest BCUT2D eigenvalue weighted by Crippen LogP contribution is 2.28. The number of aromatic nitrogens is 1. The van der Waals surface area contributed by atoms with Crippen molar-refractivity contribution in [3.05, 3.63) is 35.7 Å². The predicted molar refractivity (Wildman–Crippen MR) is 56.0 cm³/mol. The van der Waals surface area contributed by atoms with Crippen LogP contribution in [0.5, 0.6) is 5.75 Å². The molecule has 0 radical (unpaired) electrons. The Kier molecular flexibility index (Phi) is 2.09. The van der Waals surface area contributed by atoms with Gasteiger partial charge in [0.1, 0.15) is 5.75 Å². The number of aryl methyl sites for hydroxylation is 1. The molecule has 0 aliphatic heterocycles. The zero-order chi connectivity index (χ0) is 10.1. The van der Waals surface area contributed by atoms with E-state index in [4.69, 9.17) is 5.73 Å². The zero-order valence-corrected chi connectivity index (χ0v) is 7.99. The van der Waals surface area contributed by atoms with Crippen LogP contribution < -0.4 is 5.73 Å². The minimum absolute atomic E-state index is 0.266. The number of aromatic hydroxyl groups is 1. The Morgan fingerprint density at radius 1 is 1.36 bits per heavy atom. The van der Waals surface area contributed by atoms with Crippen LogP contribution in [0.25, 0.3) is 10.8 Å². The van der Waals surface area contributed by atoms with E-state index in [1.807, 2.05) is 19.1 Å². The highest BCUT2D eigenvalue weighted by atomic mass is 16.3. The van der Waals surface area contributed by atoms with Crippen molar-refractivity contribution in [3.63, 3.8) is 0 Å². The van der Waals surface area contributed by atoms with E-state index in [1.54, 1.807) is 12.3 Å². The number of rotatable bonds is 1. The van der Waals surface area contributed by atoms with E-state index in [-0.39, 0.29) is 5.75 Å². The number of phenolic OH excluding ortho intramolecular Hbond substituents is 1. The first kappa shape index (κ1) is 8.97. The molecule has 0 saturated heterocycles. The van der Waals surface area contributed by atoms with Gasteiger partial charge in [0.25, 0.3) is 0 Å². The Balaban J connectivity index is 2.91.